The molecular weight excluding hydrogens is 466 g/mol. The molecule has 188 valence electrons. The van der Waals surface area contributed by atoms with Gasteiger partial charge in [0.1, 0.15) is 5.60 Å². The summed E-state index contributed by atoms with van der Waals surface area (Å²) in [4.78, 5) is 16.5. The van der Waals surface area contributed by atoms with Gasteiger partial charge in [-0.25, -0.2) is 0 Å². The number of aryl methyl sites for hydroxylation is 1. The molecule has 1 aromatic carbocycles. The van der Waals surface area contributed by atoms with Crippen LogP contribution in [0.25, 0.3) is 23.0 Å². The lowest BCUT2D eigenvalue weighted by atomic mass is 9.76. The van der Waals surface area contributed by atoms with Crippen LogP contribution in [0, 0.1) is 5.41 Å². The zero-order valence-electron chi connectivity index (χ0n) is 21.4. The normalized spacial score (nSPS) is 15.1. The largest absolute Gasteiger partial charge is 0.460 e. The second-order valence-corrected chi connectivity index (χ2v) is 11.2. The predicted molar refractivity (Wildman–Crippen MR) is 136 cm³/mol. The van der Waals surface area contributed by atoms with Crippen LogP contribution in [0.1, 0.15) is 65.6 Å². The Bertz CT molecular complexity index is 1220. The maximum atomic E-state index is 11.9. The maximum Gasteiger partial charge on any atom is 0.308 e. The summed E-state index contributed by atoms with van der Waals surface area (Å²) in [6, 6.07) is 5.51. The van der Waals surface area contributed by atoms with E-state index in [0.29, 0.717) is 23.3 Å². The molecule has 1 aliphatic rings. The van der Waals surface area contributed by atoms with E-state index in [4.69, 9.17) is 26.0 Å². The minimum Gasteiger partial charge on any atom is -0.460 e. The average Bonchev–Trinajstić information content (AvgIpc) is 3.37. The molecule has 0 aliphatic heterocycles. The van der Waals surface area contributed by atoms with E-state index < -0.39 is 5.60 Å². The van der Waals surface area contributed by atoms with Gasteiger partial charge in [0, 0.05) is 29.9 Å². The van der Waals surface area contributed by atoms with Crippen LogP contribution < -0.4 is 5.32 Å². The third-order valence-corrected chi connectivity index (χ3v) is 6.40. The zero-order valence-corrected chi connectivity index (χ0v) is 22.1. The van der Waals surface area contributed by atoms with Crippen LogP contribution in [0.2, 0.25) is 5.02 Å². The van der Waals surface area contributed by atoms with E-state index >= 15 is 0 Å². The number of carbonyl (C=O) groups excluding carboxylic acids is 1. The van der Waals surface area contributed by atoms with Crippen LogP contribution in [-0.4, -0.2) is 38.0 Å². The molecule has 1 N–H and O–H groups in total. The van der Waals surface area contributed by atoms with Gasteiger partial charge in [-0.15, -0.1) is 0 Å². The van der Waals surface area contributed by atoms with Crippen molar-refractivity contribution in [3.63, 3.8) is 0 Å². The Balaban J connectivity index is 1.48. The Kier molecular flexibility index (Phi) is 6.95. The number of anilines is 1. The third-order valence-electron chi connectivity index (χ3n) is 6.08. The molecule has 4 rings (SSSR count). The second kappa shape index (κ2) is 9.64. The zero-order chi connectivity index (χ0) is 25.4. The van der Waals surface area contributed by atoms with Crippen molar-refractivity contribution >= 4 is 23.3 Å². The lowest BCUT2D eigenvalue weighted by Gasteiger charge is -2.30. The Morgan fingerprint density at radius 3 is 2.77 bits per heavy atom. The number of aromatic nitrogens is 4. The van der Waals surface area contributed by atoms with Crippen molar-refractivity contribution in [3.8, 4) is 23.0 Å². The number of hydrogen-bond donors (Lipinski definition) is 1. The van der Waals surface area contributed by atoms with E-state index in [0.717, 1.165) is 42.8 Å². The topological polar surface area (TPSA) is 95.1 Å². The summed E-state index contributed by atoms with van der Waals surface area (Å²) >= 11 is 6.49. The molecule has 0 atom stereocenters. The lowest BCUT2D eigenvalue weighted by Crippen LogP contribution is -2.25. The molecule has 3 aromatic rings. The number of nitrogens with zero attached hydrogens (tertiary/aromatic N) is 4. The molecule has 0 spiro atoms. The van der Waals surface area contributed by atoms with Gasteiger partial charge in [-0.2, -0.15) is 10.1 Å². The number of carbonyl (C=O) groups is 1. The van der Waals surface area contributed by atoms with Gasteiger partial charge in [-0.1, -0.05) is 30.6 Å². The monoisotopic (exact) mass is 499 g/mol. The van der Waals surface area contributed by atoms with Crippen molar-refractivity contribution in [2.45, 2.75) is 79.4 Å². The van der Waals surface area contributed by atoms with Gasteiger partial charge in [0.15, 0.2) is 5.69 Å². The van der Waals surface area contributed by atoms with Crippen molar-refractivity contribution in [1.29, 1.82) is 0 Å². The Morgan fingerprint density at radius 2 is 2.09 bits per heavy atom. The molecule has 9 heteroatoms. The summed E-state index contributed by atoms with van der Waals surface area (Å²) in [5.74, 6) is 0.630. The van der Waals surface area contributed by atoms with E-state index in [-0.39, 0.29) is 17.8 Å². The van der Waals surface area contributed by atoms with E-state index in [1.807, 2.05) is 32.9 Å². The standard InChI is InChI=1S/C26H34ClN5O3/c1-7-32-20-15-26(5,6)12-10-17(20)22(30-32)24-29-23(31-35-24)16-8-9-19(18(27)14-16)28-13-11-21(33)34-25(2,3)4/h8-9,14,28H,7,10-13,15H2,1-6H3. The number of halogens is 1. The first-order valence-corrected chi connectivity index (χ1v) is 12.5. The summed E-state index contributed by atoms with van der Waals surface area (Å²) < 4.78 is 13.0. The molecule has 0 fully saturated rings. The van der Waals surface area contributed by atoms with E-state index in [2.05, 4.69) is 40.9 Å². The molecule has 2 aromatic heterocycles. The Hall–Kier alpha value is -2.87. The second-order valence-electron chi connectivity index (χ2n) is 10.8. The highest BCUT2D eigenvalue weighted by molar-refractivity contribution is 6.33. The van der Waals surface area contributed by atoms with Gasteiger partial charge in [-0.3, -0.25) is 9.48 Å². The van der Waals surface area contributed by atoms with Crippen molar-refractivity contribution in [1.82, 2.24) is 19.9 Å². The number of hydrogen-bond acceptors (Lipinski definition) is 7. The first-order chi connectivity index (χ1) is 16.5. The molecular formula is C26H34ClN5O3. The molecule has 0 saturated heterocycles. The van der Waals surface area contributed by atoms with Crippen LogP contribution in [0.3, 0.4) is 0 Å². The third kappa shape index (κ3) is 5.86. The molecule has 0 amide bonds. The van der Waals surface area contributed by atoms with Crippen molar-refractivity contribution in [2.75, 3.05) is 11.9 Å². The van der Waals surface area contributed by atoms with Crippen molar-refractivity contribution < 1.29 is 14.1 Å². The van der Waals surface area contributed by atoms with Gasteiger partial charge >= 0.3 is 5.97 Å². The fraction of sp³-hybridized carbons (Fsp3) is 0.538. The number of esters is 1. The quantitative estimate of drug-likeness (QED) is 0.402. The summed E-state index contributed by atoms with van der Waals surface area (Å²) in [5, 5.41) is 12.7. The summed E-state index contributed by atoms with van der Waals surface area (Å²) in [7, 11) is 0. The highest BCUT2D eigenvalue weighted by Crippen LogP contribution is 2.39. The van der Waals surface area contributed by atoms with Gasteiger partial charge in [0.05, 0.1) is 17.1 Å². The number of nitrogens with one attached hydrogen (secondary N) is 1. The van der Waals surface area contributed by atoms with Crippen LogP contribution in [0.4, 0.5) is 5.69 Å². The molecule has 0 saturated carbocycles. The lowest BCUT2D eigenvalue weighted by molar-refractivity contribution is -0.154. The van der Waals surface area contributed by atoms with Gasteiger partial charge in [0.2, 0.25) is 5.82 Å². The molecule has 35 heavy (non-hydrogen) atoms. The fourth-order valence-corrected chi connectivity index (χ4v) is 4.61. The van der Waals surface area contributed by atoms with Crippen LogP contribution in [0.5, 0.6) is 0 Å². The van der Waals surface area contributed by atoms with Crippen LogP contribution >= 0.6 is 11.6 Å². The fourth-order valence-electron chi connectivity index (χ4n) is 4.36. The highest BCUT2D eigenvalue weighted by atomic mass is 35.5. The predicted octanol–water partition coefficient (Wildman–Crippen LogP) is 5.93. The summed E-state index contributed by atoms with van der Waals surface area (Å²) in [5.41, 5.74) is 4.49. The van der Waals surface area contributed by atoms with E-state index in [9.17, 15) is 4.79 Å². The van der Waals surface area contributed by atoms with Crippen LogP contribution in [-0.2, 0) is 28.9 Å². The number of fused-ring (bicyclic) bond motifs is 1. The van der Waals surface area contributed by atoms with Crippen molar-refractivity contribution in [3.05, 3.63) is 34.5 Å². The number of rotatable bonds is 7. The number of ether oxygens (including phenoxy) is 1. The Labute approximate surface area is 211 Å². The first-order valence-electron chi connectivity index (χ1n) is 12.1. The minimum atomic E-state index is -0.496. The smallest absolute Gasteiger partial charge is 0.308 e. The van der Waals surface area contributed by atoms with Crippen molar-refractivity contribution in [2.24, 2.45) is 5.41 Å². The molecule has 0 bridgehead atoms. The SMILES string of the molecule is CCn1nc(-c2nc(-c3ccc(NCCC(=O)OC(C)(C)C)c(Cl)c3)no2)c2c1CC(C)(C)CC2. The minimum absolute atomic E-state index is 0.245. The average molecular weight is 500 g/mol. The molecule has 1 aliphatic carbocycles. The molecule has 2 heterocycles. The summed E-state index contributed by atoms with van der Waals surface area (Å²) in [6.45, 7) is 13.5. The van der Waals surface area contributed by atoms with E-state index in [1.54, 1.807) is 6.07 Å². The van der Waals surface area contributed by atoms with Gasteiger partial charge in [0.25, 0.3) is 5.89 Å². The number of benzene rings is 1. The first kappa shape index (κ1) is 25.2. The maximum absolute atomic E-state index is 11.9. The highest BCUT2D eigenvalue weighted by Gasteiger charge is 2.32. The molecule has 0 radical (unpaired) electrons. The van der Waals surface area contributed by atoms with Gasteiger partial charge in [-0.05, 0) is 70.6 Å². The molecule has 0 unspecified atom stereocenters. The Morgan fingerprint density at radius 1 is 1.31 bits per heavy atom. The van der Waals surface area contributed by atoms with Crippen LogP contribution in [0.15, 0.2) is 22.7 Å². The van der Waals surface area contributed by atoms with Gasteiger partial charge < -0.3 is 14.6 Å². The van der Waals surface area contributed by atoms with E-state index in [1.165, 1.54) is 11.3 Å². The summed E-state index contributed by atoms with van der Waals surface area (Å²) in [6.07, 6.45) is 3.28. The molecule has 8 nitrogen and oxygen atoms in total.